The van der Waals surface area contributed by atoms with Crippen LogP contribution in [0.3, 0.4) is 0 Å². The molecule has 10 atom stereocenters. The summed E-state index contributed by atoms with van der Waals surface area (Å²) in [5.41, 5.74) is -7.36. The third kappa shape index (κ3) is 3.81. The minimum absolute atomic E-state index is 0.0217. The van der Waals surface area contributed by atoms with E-state index in [2.05, 4.69) is 0 Å². The highest BCUT2D eigenvalue weighted by molar-refractivity contribution is 5.89. The number of rotatable bonds is 4. The average Bonchev–Trinajstić information content (AvgIpc) is 3.09. The molecule has 2 fully saturated rings. The molecular weight excluding hydrogens is 484 g/mol. The number of ether oxygens (including phenoxy) is 1. The summed E-state index contributed by atoms with van der Waals surface area (Å²) >= 11 is 0. The first-order chi connectivity index (χ1) is 17.0. The number of esters is 1. The Kier molecular flexibility index (Phi) is 6.92. The van der Waals surface area contributed by atoms with Gasteiger partial charge in [-0.2, -0.15) is 0 Å². The molecule has 8 N–H and O–H groups in total. The summed E-state index contributed by atoms with van der Waals surface area (Å²) < 4.78 is 5.38. The van der Waals surface area contributed by atoms with Gasteiger partial charge in [0.05, 0.1) is 47.1 Å². The summed E-state index contributed by atoms with van der Waals surface area (Å²) in [5, 5.41) is 91.3. The smallest absolute Gasteiger partial charge is 0.338 e. The summed E-state index contributed by atoms with van der Waals surface area (Å²) in [7, 11) is 0. The first-order valence-electron chi connectivity index (χ1n) is 12.5. The molecule has 4 rings (SSSR count). The number of benzene rings is 1. The number of carbonyl (C=O) groups excluding carboxylic acids is 1. The molecule has 10 heteroatoms. The Morgan fingerprint density at radius 1 is 1.03 bits per heavy atom. The number of aliphatic hydroxyl groups excluding tert-OH is 6. The third-order valence-corrected chi connectivity index (χ3v) is 9.46. The van der Waals surface area contributed by atoms with E-state index in [1.807, 2.05) is 0 Å². The van der Waals surface area contributed by atoms with E-state index >= 15 is 0 Å². The van der Waals surface area contributed by atoms with Crippen molar-refractivity contribution in [2.75, 3.05) is 6.61 Å². The van der Waals surface area contributed by atoms with Gasteiger partial charge in [-0.1, -0.05) is 25.1 Å². The van der Waals surface area contributed by atoms with Crippen LogP contribution in [0.15, 0.2) is 41.5 Å². The molecule has 1 aromatic carbocycles. The van der Waals surface area contributed by atoms with Crippen LogP contribution in [0.2, 0.25) is 0 Å². The van der Waals surface area contributed by atoms with Crippen molar-refractivity contribution in [3.63, 3.8) is 0 Å². The van der Waals surface area contributed by atoms with Crippen LogP contribution in [0, 0.1) is 16.7 Å². The Morgan fingerprint density at radius 2 is 1.62 bits per heavy atom. The molecular formula is C27H38O10. The first kappa shape index (κ1) is 28.1. The van der Waals surface area contributed by atoms with Gasteiger partial charge < -0.3 is 45.6 Å². The van der Waals surface area contributed by atoms with Gasteiger partial charge >= 0.3 is 5.97 Å². The van der Waals surface area contributed by atoms with Crippen LogP contribution >= 0.6 is 0 Å². The van der Waals surface area contributed by atoms with Crippen LogP contribution in [-0.4, -0.2) is 101 Å². The molecule has 10 nitrogen and oxygen atoms in total. The Morgan fingerprint density at radius 3 is 2.19 bits per heavy atom. The summed E-state index contributed by atoms with van der Waals surface area (Å²) in [4.78, 5) is 12.7. The fraction of sp³-hybridized carbons (Fsp3) is 0.667. The van der Waals surface area contributed by atoms with Gasteiger partial charge in [-0.3, -0.25) is 0 Å². The normalized spacial score (nSPS) is 44.2. The third-order valence-electron chi connectivity index (χ3n) is 9.46. The van der Waals surface area contributed by atoms with Gasteiger partial charge in [-0.05, 0) is 50.5 Å². The van der Waals surface area contributed by atoms with Gasteiger partial charge in [0.15, 0.2) is 0 Å². The van der Waals surface area contributed by atoms with Crippen LogP contribution in [-0.2, 0) is 4.74 Å². The monoisotopic (exact) mass is 522 g/mol. The molecule has 37 heavy (non-hydrogen) atoms. The largest absolute Gasteiger partial charge is 0.459 e. The molecule has 0 heterocycles. The Labute approximate surface area is 215 Å². The summed E-state index contributed by atoms with van der Waals surface area (Å²) in [6.45, 7) is 4.85. The van der Waals surface area contributed by atoms with Gasteiger partial charge in [0, 0.05) is 17.8 Å². The summed E-state index contributed by atoms with van der Waals surface area (Å²) in [6, 6.07) is 7.95. The lowest BCUT2D eigenvalue weighted by atomic mass is 9.51. The minimum atomic E-state index is -2.41. The van der Waals surface area contributed by atoms with Gasteiger partial charge in [0.25, 0.3) is 0 Å². The zero-order chi connectivity index (χ0) is 27.7. The second-order valence-electron chi connectivity index (χ2n) is 11.7. The Bertz CT molecular complexity index is 1070. The molecule has 3 aliphatic carbocycles. The number of fused-ring (bicyclic) bond motifs is 2. The van der Waals surface area contributed by atoms with Crippen LogP contribution in [0.4, 0.5) is 0 Å². The van der Waals surface area contributed by atoms with Gasteiger partial charge in [0.1, 0.15) is 18.3 Å². The molecule has 1 aromatic rings. The van der Waals surface area contributed by atoms with Crippen molar-refractivity contribution in [2.24, 2.45) is 16.7 Å². The van der Waals surface area contributed by atoms with E-state index < -0.39 is 83.6 Å². The van der Waals surface area contributed by atoms with Crippen molar-refractivity contribution in [3.05, 3.63) is 47.0 Å². The highest BCUT2D eigenvalue weighted by atomic mass is 16.5. The quantitative estimate of drug-likeness (QED) is 0.185. The van der Waals surface area contributed by atoms with Crippen molar-refractivity contribution in [1.82, 2.24) is 0 Å². The van der Waals surface area contributed by atoms with E-state index in [4.69, 9.17) is 4.74 Å². The zero-order valence-electron chi connectivity index (χ0n) is 21.4. The van der Waals surface area contributed by atoms with E-state index in [1.54, 1.807) is 18.2 Å². The SMILES string of the molecule is CC1=C2[C@@H](O)[C@H](O)[C@@]3(C)[C@H]([C@H](O)[C@]2(C(C)(C)O)C[C@@H]1O)[C@](O)(COC(=O)c1ccccc1)[C@@H](O)C[C@@H]3O. The van der Waals surface area contributed by atoms with Crippen molar-refractivity contribution in [2.45, 2.75) is 88.4 Å². The fourth-order valence-corrected chi connectivity index (χ4v) is 7.24. The van der Waals surface area contributed by atoms with Crippen LogP contribution < -0.4 is 0 Å². The molecule has 2 saturated carbocycles. The lowest BCUT2D eigenvalue weighted by Gasteiger charge is -2.59. The molecule has 0 amide bonds. The van der Waals surface area contributed by atoms with E-state index in [0.717, 1.165) is 0 Å². The van der Waals surface area contributed by atoms with Gasteiger partial charge in [-0.25, -0.2) is 4.79 Å². The first-order valence-corrected chi connectivity index (χ1v) is 12.5. The second kappa shape index (κ2) is 9.10. The number of hydrogen-bond acceptors (Lipinski definition) is 10. The Balaban J connectivity index is 1.89. The maximum atomic E-state index is 12.7. The van der Waals surface area contributed by atoms with Crippen molar-refractivity contribution >= 4 is 5.97 Å². The molecule has 0 aliphatic heterocycles. The van der Waals surface area contributed by atoms with Crippen LogP contribution in [0.5, 0.6) is 0 Å². The van der Waals surface area contributed by atoms with E-state index in [9.17, 15) is 45.6 Å². The molecule has 0 saturated heterocycles. The van der Waals surface area contributed by atoms with E-state index in [0.29, 0.717) is 0 Å². The van der Waals surface area contributed by atoms with Crippen LogP contribution in [0.1, 0.15) is 50.9 Å². The lowest BCUT2D eigenvalue weighted by Crippen LogP contribution is -2.72. The molecule has 0 aromatic heterocycles. The van der Waals surface area contributed by atoms with Crippen LogP contribution in [0.25, 0.3) is 0 Å². The maximum absolute atomic E-state index is 12.7. The van der Waals surface area contributed by atoms with Gasteiger partial charge in [-0.15, -0.1) is 0 Å². The zero-order valence-corrected chi connectivity index (χ0v) is 21.4. The van der Waals surface area contributed by atoms with E-state index in [-0.39, 0.29) is 23.1 Å². The minimum Gasteiger partial charge on any atom is -0.459 e. The molecule has 0 radical (unpaired) electrons. The predicted molar refractivity (Wildman–Crippen MR) is 130 cm³/mol. The molecule has 0 spiro atoms. The van der Waals surface area contributed by atoms with E-state index in [1.165, 1.54) is 39.8 Å². The van der Waals surface area contributed by atoms with Crippen molar-refractivity contribution in [3.8, 4) is 0 Å². The molecule has 0 unspecified atom stereocenters. The molecule has 3 aliphatic rings. The number of aliphatic hydroxyl groups is 8. The fourth-order valence-electron chi connectivity index (χ4n) is 7.24. The van der Waals surface area contributed by atoms with Crippen molar-refractivity contribution in [1.29, 1.82) is 0 Å². The topological polar surface area (TPSA) is 188 Å². The number of carbonyl (C=O) groups is 1. The standard InChI is InChI=1S/C27H38O10/c1-13-15(28)11-26(24(2,3)35)18(13)19(31)21(32)25(4)16(29)10-17(30)27(36,20(25)22(26)33)12-37-23(34)14-8-6-5-7-9-14/h5-9,15-17,19-22,28-33,35-36H,10-12H2,1-4H3/t15-,16-,17-,19+,20-,21-,22-,25+,26-,27-/m0/s1. The lowest BCUT2D eigenvalue weighted by molar-refractivity contribution is -0.285. The second-order valence-corrected chi connectivity index (χ2v) is 11.7. The number of hydrogen-bond donors (Lipinski definition) is 8. The highest BCUT2D eigenvalue weighted by Crippen LogP contribution is 2.64. The highest BCUT2D eigenvalue weighted by Gasteiger charge is 2.74. The van der Waals surface area contributed by atoms with Gasteiger partial charge in [0.2, 0.25) is 0 Å². The van der Waals surface area contributed by atoms with Crippen molar-refractivity contribution < 1.29 is 50.4 Å². The average molecular weight is 523 g/mol. The summed E-state index contributed by atoms with van der Waals surface area (Å²) in [5.74, 6) is -2.42. The Hall–Kier alpha value is -1.89. The molecule has 0 bridgehead atoms. The maximum Gasteiger partial charge on any atom is 0.338 e. The summed E-state index contributed by atoms with van der Waals surface area (Å²) in [6.07, 6.45) is -10.4. The predicted octanol–water partition coefficient (Wildman–Crippen LogP) is -0.743. The molecule has 206 valence electrons.